The van der Waals surface area contributed by atoms with Crippen LogP contribution in [0.15, 0.2) is 24.5 Å². The first-order chi connectivity index (χ1) is 15.7. The summed E-state index contributed by atoms with van der Waals surface area (Å²) in [4.78, 5) is 33.5. The van der Waals surface area contributed by atoms with Crippen LogP contribution in [0.2, 0.25) is 0 Å². The minimum Gasteiger partial charge on any atom is -0.488 e. The van der Waals surface area contributed by atoms with E-state index < -0.39 is 11.8 Å². The maximum atomic E-state index is 14.0. The van der Waals surface area contributed by atoms with Crippen molar-refractivity contribution in [2.24, 2.45) is 5.92 Å². The fourth-order valence-electron chi connectivity index (χ4n) is 3.16. The Hall–Kier alpha value is -3.27. The Morgan fingerprint density at radius 3 is 2.67 bits per heavy atom. The Morgan fingerprint density at radius 2 is 1.97 bits per heavy atom. The highest BCUT2D eigenvalue weighted by Gasteiger charge is 2.21. The van der Waals surface area contributed by atoms with Gasteiger partial charge in [-0.2, -0.15) is 0 Å². The van der Waals surface area contributed by atoms with Gasteiger partial charge in [0.15, 0.2) is 0 Å². The number of nitrogens with one attached hydrogen (secondary N) is 2. The number of halogens is 1. The first-order valence-corrected chi connectivity index (χ1v) is 11.4. The molecule has 2 N–H and O–H groups in total. The lowest BCUT2D eigenvalue weighted by molar-refractivity contribution is -0.124. The molecule has 8 nitrogen and oxygen atoms in total. The quantitative estimate of drug-likeness (QED) is 0.437. The molecule has 0 fully saturated rings. The molecule has 2 heterocycles. The molecule has 0 aliphatic heterocycles. The number of nitrogens with zero attached hydrogens (tertiary/aromatic N) is 2. The molecule has 0 saturated carbocycles. The summed E-state index contributed by atoms with van der Waals surface area (Å²) in [6, 6.07) is 4.18. The van der Waals surface area contributed by atoms with Gasteiger partial charge in [-0.25, -0.2) is 19.2 Å². The smallest absolute Gasteiger partial charge is 0.348 e. The van der Waals surface area contributed by atoms with Gasteiger partial charge in [0.25, 0.3) is 0 Å². The molecule has 3 rings (SSSR count). The van der Waals surface area contributed by atoms with Crippen molar-refractivity contribution >= 4 is 44.9 Å². The maximum Gasteiger partial charge on any atom is 0.348 e. The van der Waals surface area contributed by atoms with Gasteiger partial charge in [-0.3, -0.25) is 4.79 Å². The van der Waals surface area contributed by atoms with Crippen LogP contribution in [0.1, 0.15) is 42.4 Å². The zero-order chi connectivity index (χ0) is 24.1. The average molecular weight is 475 g/mol. The Balaban J connectivity index is 1.82. The molecule has 3 aromatic rings. The molecule has 1 atom stereocenters. The van der Waals surface area contributed by atoms with E-state index in [9.17, 15) is 14.0 Å². The van der Waals surface area contributed by atoms with Crippen LogP contribution in [0.5, 0.6) is 5.75 Å². The van der Waals surface area contributed by atoms with E-state index in [0.717, 1.165) is 0 Å². The molecule has 1 aromatic carbocycles. The number of fused-ring (bicyclic) bond motifs is 1. The van der Waals surface area contributed by atoms with Crippen LogP contribution in [0.4, 0.5) is 15.9 Å². The van der Waals surface area contributed by atoms with Gasteiger partial charge < -0.3 is 20.1 Å². The number of carbonyl (C=O) groups is 2. The molecule has 0 bridgehead atoms. The number of aromatic nitrogens is 2. The van der Waals surface area contributed by atoms with Crippen LogP contribution in [0, 0.1) is 18.7 Å². The fourth-order valence-corrected chi connectivity index (χ4v) is 4.22. The van der Waals surface area contributed by atoms with E-state index >= 15 is 0 Å². The molecule has 0 saturated heterocycles. The largest absolute Gasteiger partial charge is 0.488 e. The molecule has 0 aliphatic carbocycles. The summed E-state index contributed by atoms with van der Waals surface area (Å²) in [6.07, 6.45) is 1.67. The number of aryl methyl sites for hydroxylation is 1. The van der Waals surface area contributed by atoms with Gasteiger partial charge in [0.1, 0.15) is 33.4 Å². The van der Waals surface area contributed by atoms with E-state index in [2.05, 4.69) is 20.6 Å². The van der Waals surface area contributed by atoms with E-state index in [-0.39, 0.29) is 17.9 Å². The normalized spacial score (nSPS) is 12.0. The van der Waals surface area contributed by atoms with Crippen LogP contribution in [0.25, 0.3) is 10.2 Å². The SMILES string of the molecule is COC(=O)c1sc2ncnc(Nc3ccc(F)cc3OC(C)CCNC(=O)C(C)C)c2c1C. The lowest BCUT2D eigenvalue weighted by atomic mass is 10.2. The Morgan fingerprint density at radius 1 is 1.21 bits per heavy atom. The molecule has 176 valence electrons. The highest BCUT2D eigenvalue weighted by atomic mass is 32.1. The number of hydrogen-bond acceptors (Lipinski definition) is 8. The average Bonchev–Trinajstić information content (AvgIpc) is 3.12. The van der Waals surface area contributed by atoms with Crippen LogP contribution >= 0.6 is 11.3 Å². The number of ether oxygens (including phenoxy) is 2. The topological polar surface area (TPSA) is 102 Å². The molecule has 33 heavy (non-hydrogen) atoms. The summed E-state index contributed by atoms with van der Waals surface area (Å²) in [5.74, 6) is -0.220. The van der Waals surface area contributed by atoms with Gasteiger partial charge in [0.05, 0.1) is 24.3 Å². The zero-order valence-corrected chi connectivity index (χ0v) is 20.0. The minimum absolute atomic E-state index is 0.0273. The number of rotatable bonds is 9. The minimum atomic E-state index is -0.441. The molecule has 0 aliphatic rings. The van der Waals surface area contributed by atoms with Crippen molar-refractivity contribution in [3.05, 3.63) is 40.8 Å². The molecule has 0 spiro atoms. The van der Waals surface area contributed by atoms with Crippen molar-refractivity contribution in [2.45, 2.75) is 40.2 Å². The Kier molecular flexibility index (Phi) is 7.80. The van der Waals surface area contributed by atoms with E-state index in [0.29, 0.717) is 50.9 Å². The second kappa shape index (κ2) is 10.6. The number of anilines is 2. The number of esters is 1. The summed E-state index contributed by atoms with van der Waals surface area (Å²) in [6.45, 7) is 7.76. The molecule has 1 unspecified atom stereocenters. The van der Waals surface area contributed by atoms with Gasteiger partial charge in [-0.05, 0) is 31.5 Å². The van der Waals surface area contributed by atoms with E-state index in [1.807, 2.05) is 20.8 Å². The van der Waals surface area contributed by atoms with Crippen molar-refractivity contribution < 1.29 is 23.5 Å². The Labute approximate surface area is 195 Å². The molecular weight excluding hydrogens is 447 g/mol. The highest BCUT2D eigenvalue weighted by molar-refractivity contribution is 7.20. The number of hydrogen-bond donors (Lipinski definition) is 2. The van der Waals surface area contributed by atoms with E-state index in [1.165, 1.54) is 36.9 Å². The molecule has 2 aromatic heterocycles. The van der Waals surface area contributed by atoms with Crippen LogP contribution in [0.3, 0.4) is 0 Å². The molecular formula is C23H27FN4O4S. The van der Waals surface area contributed by atoms with Crippen LogP contribution in [-0.4, -0.2) is 41.6 Å². The first kappa shape index (κ1) is 24.4. The van der Waals surface area contributed by atoms with Gasteiger partial charge in [-0.15, -0.1) is 11.3 Å². The summed E-state index contributed by atoms with van der Waals surface area (Å²) < 4.78 is 24.8. The lowest BCUT2D eigenvalue weighted by Crippen LogP contribution is -2.31. The number of amides is 1. The summed E-state index contributed by atoms with van der Waals surface area (Å²) in [7, 11) is 1.33. The van der Waals surface area contributed by atoms with Gasteiger partial charge in [0.2, 0.25) is 5.91 Å². The van der Waals surface area contributed by atoms with Gasteiger partial charge >= 0.3 is 5.97 Å². The second-order valence-electron chi connectivity index (χ2n) is 7.88. The van der Waals surface area contributed by atoms with Crippen molar-refractivity contribution in [3.63, 3.8) is 0 Å². The van der Waals surface area contributed by atoms with E-state index in [4.69, 9.17) is 9.47 Å². The van der Waals surface area contributed by atoms with Crippen molar-refractivity contribution in [2.75, 3.05) is 19.0 Å². The number of carbonyl (C=O) groups excluding carboxylic acids is 2. The predicted molar refractivity (Wildman–Crippen MR) is 126 cm³/mol. The molecule has 0 radical (unpaired) electrons. The van der Waals surface area contributed by atoms with Crippen molar-refractivity contribution in [1.82, 2.24) is 15.3 Å². The Bertz CT molecular complexity index is 1160. The summed E-state index contributed by atoms with van der Waals surface area (Å²) in [5.41, 5.74) is 1.21. The predicted octanol–water partition coefficient (Wildman–Crippen LogP) is 4.60. The third-order valence-corrected chi connectivity index (χ3v) is 6.18. The maximum absolute atomic E-state index is 14.0. The van der Waals surface area contributed by atoms with Crippen LogP contribution < -0.4 is 15.4 Å². The molecule has 1 amide bonds. The third kappa shape index (κ3) is 5.75. The van der Waals surface area contributed by atoms with Gasteiger partial charge in [0, 0.05) is 24.9 Å². The number of thiophene rings is 1. The van der Waals surface area contributed by atoms with Crippen molar-refractivity contribution in [1.29, 1.82) is 0 Å². The summed E-state index contributed by atoms with van der Waals surface area (Å²) in [5, 5.41) is 6.72. The summed E-state index contributed by atoms with van der Waals surface area (Å²) >= 11 is 1.22. The first-order valence-electron chi connectivity index (χ1n) is 10.5. The standard InChI is InChI=1S/C23H27FN4O4S/c1-12(2)21(29)25-9-8-13(3)32-17-10-15(24)6-7-16(17)28-20-18-14(4)19(23(30)31-5)33-22(18)27-11-26-20/h6-7,10-13H,8-9H2,1-5H3,(H,25,29)(H,26,27,28). The third-order valence-electron chi connectivity index (χ3n) is 5.00. The van der Waals surface area contributed by atoms with Crippen molar-refractivity contribution in [3.8, 4) is 5.75 Å². The second-order valence-corrected chi connectivity index (χ2v) is 8.88. The van der Waals surface area contributed by atoms with Crippen LogP contribution in [-0.2, 0) is 9.53 Å². The number of benzene rings is 1. The monoisotopic (exact) mass is 474 g/mol. The fraction of sp³-hybridized carbons (Fsp3) is 0.391. The van der Waals surface area contributed by atoms with E-state index in [1.54, 1.807) is 13.0 Å². The lowest BCUT2D eigenvalue weighted by Gasteiger charge is -2.19. The zero-order valence-electron chi connectivity index (χ0n) is 19.2. The van der Waals surface area contributed by atoms with Gasteiger partial charge in [-0.1, -0.05) is 13.8 Å². The number of methoxy groups -OCH3 is 1. The molecule has 10 heteroatoms. The highest BCUT2D eigenvalue weighted by Crippen LogP contribution is 2.37.